The molecule has 0 aliphatic rings. The zero-order chi connectivity index (χ0) is 11.8. The fourth-order valence-electron chi connectivity index (χ4n) is 1.13. The maximum Gasteiger partial charge on any atom is 0.407 e. The summed E-state index contributed by atoms with van der Waals surface area (Å²) in [5, 5.41) is 6.92. The number of aryl methyl sites for hydroxylation is 1. The van der Waals surface area contributed by atoms with Crippen molar-refractivity contribution in [3.8, 4) is 0 Å². The van der Waals surface area contributed by atoms with Gasteiger partial charge >= 0.3 is 6.09 Å². The lowest BCUT2D eigenvalue weighted by Gasteiger charge is -2.05. The molecule has 0 spiro atoms. The number of alkyl carbamates (subject to hydrolysis) is 1. The highest BCUT2D eigenvalue weighted by Crippen LogP contribution is 2.10. The summed E-state index contributed by atoms with van der Waals surface area (Å²) >= 11 is 1.67. The second kappa shape index (κ2) is 7.19. The van der Waals surface area contributed by atoms with Crippen LogP contribution in [0.2, 0.25) is 0 Å². The quantitative estimate of drug-likeness (QED) is 0.739. The van der Waals surface area contributed by atoms with Gasteiger partial charge in [-0.15, -0.1) is 11.3 Å². The molecule has 1 aromatic rings. The minimum Gasteiger partial charge on any atom is -0.450 e. The van der Waals surface area contributed by atoms with Gasteiger partial charge in [0.05, 0.1) is 11.6 Å². The molecule has 1 rings (SSSR count). The van der Waals surface area contributed by atoms with E-state index in [1.165, 1.54) is 4.88 Å². The Hall–Kier alpha value is -1.14. The van der Waals surface area contributed by atoms with Crippen LogP contribution in [0.3, 0.4) is 0 Å². The predicted octanol–water partition coefficient (Wildman–Crippen LogP) is 1.29. The van der Waals surface area contributed by atoms with E-state index in [2.05, 4.69) is 15.6 Å². The van der Waals surface area contributed by atoms with Crippen LogP contribution in [0.1, 0.15) is 16.8 Å². The van der Waals surface area contributed by atoms with E-state index >= 15 is 0 Å². The molecule has 0 fully saturated rings. The predicted molar refractivity (Wildman–Crippen MR) is 63.6 cm³/mol. The summed E-state index contributed by atoms with van der Waals surface area (Å²) in [6.45, 7) is 6.24. The van der Waals surface area contributed by atoms with Crippen LogP contribution in [0.4, 0.5) is 4.79 Å². The molecule has 1 heterocycles. The molecular formula is C10H17N3O2S. The third-order valence-electron chi connectivity index (χ3n) is 1.81. The van der Waals surface area contributed by atoms with Crippen molar-refractivity contribution in [1.82, 2.24) is 15.6 Å². The summed E-state index contributed by atoms with van der Waals surface area (Å²) in [5.41, 5.74) is 0. The number of hydrogen-bond acceptors (Lipinski definition) is 5. The Morgan fingerprint density at radius 3 is 3.00 bits per heavy atom. The maximum absolute atomic E-state index is 10.9. The van der Waals surface area contributed by atoms with Crippen molar-refractivity contribution in [2.45, 2.75) is 20.4 Å². The second-order valence-corrected chi connectivity index (χ2v) is 4.49. The molecule has 1 aromatic heterocycles. The molecule has 0 bridgehead atoms. The van der Waals surface area contributed by atoms with E-state index in [0.717, 1.165) is 18.1 Å². The van der Waals surface area contributed by atoms with Crippen LogP contribution in [-0.4, -0.2) is 30.8 Å². The van der Waals surface area contributed by atoms with E-state index in [0.29, 0.717) is 13.2 Å². The Bertz CT molecular complexity index is 328. The Morgan fingerprint density at radius 1 is 1.56 bits per heavy atom. The average Bonchev–Trinajstić information content (AvgIpc) is 2.64. The van der Waals surface area contributed by atoms with Crippen LogP contribution in [-0.2, 0) is 11.3 Å². The summed E-state index contributed by atoms with van der Waals surface area (Å²) in [6, 6.07) is 0. The third-order valence-corrected chi connectivity index (χ3v) is 2.73. The highest BCUT2D eigenvalue weighted by Gasteiger charge is 1.99. The van der Waals surface area contributed by atoms with Crippen LogP contribution < -0.4 is 10.6 Å². The molecule has 2 N–H and O–H groups in total. The number of nitrogens with one attached hydrogen (secondary N) is 2. The first kappa shape index (κ1) is 12.9. The lowest BCUT2D eigenvalue weighted by molar-refractivity contribution is 0.152. The molecular weight excluding hydrogens is 226 g/mol. The smallest absolute Gasteiger partial charge is 0.407 e. The molecule has 0 unspecified atom stereocenters. The normalized spacial score (nSPS) is 10.1. The van der Waals surface area contributed by atoms with Gasteiger partial charge in [-0.05, 0) is 13.8 Å². The monoisotopic (exact) mass is 243 g/mol. The van der Waals surface area contributed by atoms with Gasteiger partial charge in [-0.2, -0.15) is 0 Å². The first-order valence-electron chi connectivity index (χ1n) is 5.25. The van der Waals surface area contributed by atoms with Crippen molar-refractivity contribution in [3.63, 3.8) is 0 Å². The van der Waals surface area contributed by atoms with Crippen molar-refractivity contribution < 1.29 is 9.53 Å². The van der Waals surface area contributed by atoms with Crippen LogP contribution in [0, 0.1) is 6.92 Å². The highest BCUT2D eigenvalue weighted by atomic mass is 32.1. The van der Waals surface area contributed by atoms with Gasteiger partial charge in [-0.1, -0.05) is 0 Å². The largest absolute Gasteiger partial charge is 0.450 e. The minimum atomic E-state index is -0.363. The molecule has 5 nitrogen and oxygen atoms in total. The lowest BCUT2D eigenvalue weighted by atomic mass is 10.5. The molecule has 0 aromatic carbocycles. The fraction of sp³-hybridized carbons (Fsp3) is 0.600. The topological polar surface area (TPSA) is 63.2 Å². The molecule has 0 aliphatic heterocycles. The van der Waals surface area contributed by atoms with Gasteiger partial charge in [0.25, 0.3) is 0 Å². The van der Waals surface area contributed by atoms with Crippen molar-refractivity contribution in [3.05, 3.63) is 16.1 Å². The zero-order valence-electron chi connectivity index (χ0n) is 9.58. The van der Waals surface area contributed by atoms with E-state index in [-0.39, 0.29) is 6.09 Å². The molecule has 90 valence electrons. The Balaban J connectivity index is 2.02. The summed E-state index contributed by atoms with van der Waals surface area (Å²) in [4.78, 5) is 16.3. The van der Waals surface area contributed by atoms with Gasteiger partial charge in [-0.25, -0.2) is 9.78 Å². The Labute approximate surface area is 99.2 Å². The number of carbonyl (C=O) groups excluding carboxylic acids is 1. The number of thiazole rings is 1. The molecule has 0 aliphatic carbocycles. The van der Waals surface area contributed by atoms with Gasteiger partial charge in [0.1, 0.15) is 0 Å². The number of hydrogen-bond donors (Lipinski definition) is 2. The molecule has 0 saturated heterocycles. The second-order valence-electron chi connectivity index (χ2n) is 3.17. The number of nitrogens with zero attached hydrogens (tertiary/aromatic N) is 1. The standard InChI is InChI=1S/C10H17N3O2S/c1-3-15-10(14)12-5-4-11-6-9-7-13-8(2)16-9/h7,11H,3-6H2,1-2H3,(H,12,14). The summed E-state index contributed by atoms with van der Waals surface area (Å²) < 4.78 is 4.72. The first-order chi connectivity index (χ1) is 7.72. The summed E-state index contributed by atoms with van der Waals surface area (Å²) in [5.74, 6) is 0. The van der Waals surface area contributed by atoms with Gasteiger partial charge in [0.2, 0.25) is 0 Å². The number of ether oxygens (including phenoxy) is 1. The number of amides is 1. The van der Waals surface area contributed by atoms with Crippen molar-refractivity contribution in [2.75, 3.05) is 19.7 Å². The first-order valence-corrected chi connectivity index (χ1v) is 6.06. The molecule has 1 amide bonds. The number of carbonyl (C=O) groups is 1. The van der Waals surface area contributed by atoms with Crippen molar-refractivity contribution in [2.24, 2.45) is 0 Å². The van der Waals surface area contributed by atoms with Gasteiger partial charge in [0, 0.05) is 30.7 Å². The van der Waals surface area contributed by atoms with E-state index in [1.807, 2.05) is 13.1 Å². The van der Waals surface area contributed by atoms with Crippen LogP contribution in [0.15, 0.2) is 6.20 Å². The zero-order valence-corrected chi connectivity index (χ0v) is 10.4. The van der Waals surface area contributed by atoms with Gasteiger partial charge < -0.3 is 15.4 Å². The van der Waals surface area contributed by atoms with Gasteiger partial charge in [0.15, 0.2) is 0 Å². The van der Waals surface area contributed by atoms with Crippen molar-refractivity contribution >= 4 is 17.4 Å². The molecule has 0 atom stereocenters. The maximum atomic E-state index is 10.9. The number of aromatic nitrogens is 1. The SMILES string of the molecule is CCOC(=O)NCCNCc1cnc(C)s1. The third kappa shape index (κ3) is 5.09. The minimum absolute atomic E-state index is 0.363. The summed E-state index contributed by atoms with van der Waals surface area (Å²) in [7, 11) is 0. The molecule has 0 radical (unpaired) electrons. The van der Waals surface area contributed by atoms with E-state index < -0.39 is 0 Å². The van der Waals surface area contributed by atoms with E-state index in [1.54, 1.807) is 18.3 Å². The Morgan fingerprint density at radius 2 is 2.38 bits per heavy atom. The molecule has 16 heavy (non-hydrogen) atoms. The van der Waals surface area contributed by atoms with Crippen LogP contribution >= 0.6 is 11.3 Å². The average molecular weight is 243 g/mol. The van der Waals surface area contributed by atoms with Crippen LogP contribution in [0.5, 0.6) is 0 Å². The molecule has 0 saturated carbocycles. The van der Waals surface area contributed by atoms with E-state index in [9.17, 15) is 4.79 Å². The van der Waals surface area contributed by atoms with E-state index in [4.69, 9.17) is 4.74 Å². The van der Waals surface area contributed by atoms with Crippen molar-refractivity contribution in [1.29, 1.82) is 0 Å². The highest BCUT2D eigenvalue weighted by molar-refractivity contribution is 7.11. The summed E-state index contributed by atoms with van der Waals surface area (Å²) in [6.07, 6.45) is 1.50. The fourth-order valence-corrected chi connectivity index (χ4v) is 1.90. The number of rotatable bonds is 6. The lowest BCUT2D eigenvalue weighted by Crippen LogP contribution is -2.31. The Kier molecular flexibility index (Phi) is 5.81. The molecule has 6 heteroatoms. The van der Waals surface area contributed by atoms with Gasteiger partial charge in [-0.3, -0.25) is 0 Å². The van der Waals surface area contributed by atoms with Crippen LogP contribution in [0.25, 0.3) is 0 Å².